The van der Waals surface area contributed by atoms with Crippen molar-refractivity contribution < 1.29 is 8.42 Å². The molecule has 0 bridgehead atoms. The Hall–Kier alpha value is -0.910. The van der Waals surface area contributed by atoms with Crippen LogP contribution < -0.4 is 0 Å². The second-order valence-corrected chi connectivity index (χ2v) is 6.50. The van der Waals surface area contributed by atoms with E-state index in [1.54, 1.807) is 10.9 Å². The summed E-state index contributed by atoms with van der Waals surface area (Å²) in [6, 6.07) is 0. The minimum atomic E-state index is -3.05. The standard InChI is InChI=1S/C8H15N3O2S/c1-8(2,3)11-6-9-10-7(11)5-14(4,12)13/h6H,5H2,1-4H3. The fraction of sp³-hybridized carbons (Fsp3) is 0.750. The Labute approximate surface area is 84.1 Å². The Bertz CT molecular complexity index is 414. The molecule has 0 aliphatic carbocycles. The van der Waals surface area contributed by atoms with Crippen molar-refractivity contribution in [3.63, 3.8) is 0 Å². The maximum Gasteiger partial charge on any atom is 0.154 e. The van der Waals surface area contributed by atoms with Crippen LogP contribution >= 0.6 is 0 Å². The first-order chi connectivity index (χ1) is 6.20. The zero-order chi connectivity index (χ0) is 11.0. The van der Waals surface area contributed by atoms with Crippen molar-refractivity contribution >= 4 is 9.84 Å². The highest BCUT2D eigenvalue weighted by Crippen LogP contribution is 2.16. The van der Waals surface area contributed by atoms with Gasteiger partial charge in [-0.2, -0.15) is 0 Å². The molecule has 0 saturated heterocycles. The van der Waals surface area contributed by atoms with Crippen molar-refractivity contribution in [2.45, 2.75) is 32.1 Å². The predicted octanol–water partition coefficient (Wildman–Crippen LogP) is 0.578. The molecule has 0 radical (unpaired) electrons. The van der Waals surface area contributed by atoms with Crippen molar-refractivity contribution in [1.82, 2.24) is 14.8 Å². The van der Waals surface area contributed by atoms with Gasteiger partial charge in [0.25, 0.3) is 0 Å². The molecule has 0 saturated carbocycles. The average Bonchev–Trinajstić information content (AvgIpc) is 2.29. The van der Waals surface area contributed by atoms with Gasteiger partial charge >= 0.3 is 0 Å². The Morgan fingerprint density at radius 3 is 2.43 bits per heavy atom. The van der Waals surface area contributed by atoms with E-state index in [0.717, 1.165) is 0 Å². The van der Waals surface area contributed by atoms with Crippen molar-refractivity contribution in [3.8, 4) is 0 Å². The van der Waals surface area contributed by atoms with Crippen LogP contribution in [0.25, 0.3) is 0 Å². The van der Waals surface area contributed by atoms with Crippen LogP contribution in [-0.2, 0) is 21.1 Å². The lowest BCUT2D eigenvalue weighted by Crippen LogP contribution is -2.24. The third-order valence-corrected chi connectivity index (χ3v) is 2.51. The lowest BCUT2D eigenvalue weighted by Gasteiger charge is -2.21. The maximum absolute atomic E-state index is 11.1. The molecule has 80 valence electrons. The average molecular weight is 217 g/mol. The summed E-state index contributed by atoms with van der Waals surface area (Å²) in [7, 11) is -3.05. The third kappa shape index (κ3) is 2.80. The number of hydrogen-bond donors (Lipinski definition) is 0. The molecule has 0 fully saturated rings. The zero-order valence-electron chi connectivity index (χ0n) is 8.85. The first-order valence-electron chi connectivity index (χ1n) is 4.27. The fourth-order valence-electron chi connectivity index (χ4n) is 1.15. The Kier molecular flexibility index (Phi) is 2.67. The van der Waals surface area contributed by atoms with Crippen LogP contribution in [0.4, 0.5) is 0 Å². The Morgan fingerprint density at radius 1 is 1.43 bits per heavy atom. The van der Waals surface area contributed by atoms with Gasteiger partial charge in [-0.3, -0.25) is 0 Å². The summed E-state index contributed by atoms with van der Waals surface area (Å²) in [6.07, 6.45) is 2.75. The first-order valence-corrected chi connectivity index (χ1v) is 6.33. The van der Waals surface area contributed by atoms with Crippen LogP contribution in [0.2, 0.25) is 0 Å². The van der Waals surface area contributed by atoms with Crippen molar-refractivity contribution in [2.24, 2.45) is 0 Å². The lowest BCUT2D eigenvalue weighted by atomic mass is 10.1. The van der Waals surface area contributed by atoms with E-state index in [1.807, 2.05) is 20.8 Å². The van der Waals surface area contributed by atoms with E-state index >= 15 is 0 Å². The summed E-state index contributed by atoms with van der Waals surface area (Å²) >= 11 is 0. The van der Waals surface area contributed by atoms with E-state index in [-0.39, 0.29) is 11.3 Å². The van der Waals surface area contributed by atoms with Crippen LogP contribution in [0.1, 0.15) is 26.6 Å². The highest BCUT2D eigenvalue weighted by Gasteiger charge is 2.19. The summed E-state index contributed by atoms with van der Waals surface area (Å²) in [5, 5.41) is 7.52. The normalized spacial score (nSPS) is 13.1. The molecule has 0 unspecified atom stereocenters. The monoisotopic (exact) mass is 217 g/mol. The van der Waals surface area contributed by atoms with E-state index < -0.39 is 9.84 Å². The Morgan fingerprint density at radius 2 is 2.00 bits per heavy atom. The third-order valence-electron chi connectivity index (χ3n) is 1.73. The SMILES string of the molecule is CC(C)(C)n1cnnc1CS(C)(=O)=O. The molecule has 0 N–H and O–H groups in total. The largest absolute Gasteiger partial charge is 0.311 e. The fourth-order valence-corrected chi connectivity index (χ4v) is 1.82. The molecule has 0 spiro atoms. The predicted molar refractivity (Wildman–Crippen MR) is 53.6 cm³/mol. The summed E-state index contributed by atoms with van der Waals surface area (Å²) in [6.45, 7) is 5.92. The van der Waals surface area contributed by atoms with E-state index in [9.17, 15) is 8.42 Å². The minimum Gasteiger partial charge on any atom is -0.311 e. The van der Waals surface area contributed by atoms with Gasteiger partial charge in [-0.25, -0.2) is 8.42 Å². The van der Waals surface area contributed by atoms with Gasteiger partial charge in [0, 0.05) is 11.8 Å². The molecular weight excluding hydrogens is 202 g/mol. The number of nitrogens with zero attached hydrogens (tertiary/aromatic N) is 3. The van der Waals surface area contributed by atoms with Crippen molar-refractivity contribution in [3.05, 3.63) is 12.2 Å². The molecule has 0 atom stereocenters. The molecule has 1 aromatic heterocycles. The Balaban J connectivity index is 3.06. The second-order valence-electron chi connectivity index (χ2n) is 4.36. The summed E-state index contributed by atoms with van der Waals surface area (Å²) < 4.78 is 24.0. The summed E-state index contributed by atoms with van der Waals surface area (Å²) in [5.41, 5.74) is -0.191. The molecule has 0 aromatic carbocycles. The van der Waals surface area contributed by atoms with Gasteiger partial charge in [0.05, 0.1) is 0 Å². The van der Waals surface area contributed by atoms with Gasteiger partial charge in [0.1, 0.15) is 17.9 Å². The zero-order valence-corrected chi connectivity index (χ0v) is 9.67. The minimum absolute atomic E-state index is 0.0652. The summed E-state index contributed by atoms with van der Waals surface area (Å²) in [5.74, 6) is 0.421. The van der Waals surface area contributed by atoms with Gasteiger partial charge in [-0.05, 0) is 20.8 Å². The van der Waals surface area contributed by atoms with Gasteiger partial charge in [-0.1, -0.05) is 0 Å². The van der Waals surface area contributed by atoms with Gasteiger partial charge < -0.3 is 4.57 Å². The van der Waals surface area contributed by atoms with Crippen molar-refractivity contribution in [1.29, 1.82) is 0 Å². The molecule has 14 heavy (non-hydrogen) atoms. The van der Waals surface area contributed by atoms with E-state index in [1.165, 1.54) is 6.26 Å². The number of aromatic nitrogens is 3. The molecule has 1 rings (SSSR count). The second kappa shape index (κ2) is 3.34. The first kappa shape index (κ1) is 11.2. The molecule has 1 heterocycles. The number of hydrogen-bond acceptors (Lipinski definition) is 4. The van der Waals surface area contributed by atoms with E-state index in [0.29, 0.717) is 5.82 Å². The smallest absolute Gasteiger partial charge is 0.154 e. The van der Waals surface area contributed by atoms with Crippen LogP contribution in [0, 0.1) is 0 Å². The van der Waals surface area contributed by atoms with Crippen molar-refractivity contribution in [2.75, 3.05) is 6.26 Å². The van der Waals surface area contributed by atoms with Crippen LogP contribution in [0.5, 0.6) is 0 Å². The quantitative estimate of drug-likeness (QED) is 0.726. The molecule has 0 aliphatic heterocycles. The van der Waals surface area contributed by atoms with Crippen LogP contribution in [0.3, 0.4) is 0 Å². The highest BCUT2D eigenvalue weighted by molar-refractivity contribution is 7.89. The van der Waals surface area contributed by atoms with Crippen LogP contribution in [-0.4, -0.2) is 29.4 Å². The van der Waals surface area contributed by atoms with Gasteiger partial charge in [0.2, 0.25) is 0 Å². The summed E-state index contributed by atoms with van der Waals surface area (Å²) in [4.78, 5) is 0. The molecule has 6 heteroatoms. The molecule has 5 nitrogen and oxygen atoms in total. The number of sulfone groups is 1. The molecule has 0 amide bonds. The van der Waals surface area contributed by atoms with Gasteiger partial charge in [-0.15, -0.1) is 10.2 Å². The maximum atomic E-state index is 11.1. The lowest BCUT2D eigenvalue weighted by molar-refractivity contribution is 0.385. The van der Waals surface area contributed by atoms with E-state index in [2.05, 4.69) is 10.2 Å². The van der Waals surface area contributed by atoms with Crippen LogP contribution in [0.15, 0.2) is 6.33 Å². The van der Waals surface area contributed by atoms with Gasteiger partial charge in [0.15, 0.2) is 9.84 Å². The molecular formula is C8H15N3O2S. The molecule has 0 aliphatic rings. The molecule has 1 aromatic rings. The number of rotatable bonds is 2. The van der Waals surface area contributed by atoms with E-state index in [4.69, 9.17) is 0 Å². The topological polar surface area (TPSA) is 64.8 Å². The highest BCUT2D eigenvalue weighted by atomic mass is 32.2.